The Labute approximate surface area is 68.1 Å². The SMILES string of the molecule is CCCC(=O)NCCCOC. The second kappa shape index (κ2) is 7.54. The molecule has 1 amide bonds. The van der Waals surface area contributed by atoms with E-state index in [1.165, 1.54) is 0 Å². The molecule has 0 spiro atoms. The molecule has 3 nitrogen and oxygen atoms in total. The van der Waals surface area contributed by atoms with Crippen LogP contribution < -0.4 is 5.32 Å². The zero-order valence-electron chi connectivity index (χ0n) is 7.35. The van der Waals surface area contributed by atoms with Gasteiger partial charge >= 0.3 is 0 Å². The molecule has 0 saturated heterocycles. The van der Waals surface area contributed by atoms with Crippen LogP contribution in [0, 0.1) is 0 Å². The fourth-order valence-electron chi connectivity index (χ4n) is 0.760. The van der Waals surface area contributed by atoms with Crippen molar-refractivity contribution in [2.45, 2.75) is 26.2 Å². The van der Waals surface area contributed by atoms with Gasteiger partial charge in [-0.1, -0.05) is 6.92 Å². The van der Waals surface area contributed by atoms with Gasteiger partial charge < -0.3 is 10.1 Å². The predicted octanol–water partition coefficient (Wildman–Crippen LogP) is 0.939. The maximum atomic E-state index is 10.9. The van der Waals surface area contributed by atoms with Crippen LogP contribution in [0.4, 0.5) is 0 Å². The predicted molar refractivity (Wildman–Crippen MR) is 44.4 cm³/mol. The van der Waals surface area contributed by atoms with Gasteiger partial charge in [0, 0.05) is 26.7 Å². The molecule has 0 aliphatic heterocycles. The van der Waals surface area contributed by atoms with Crippen molar-refractivity contribution in [1.82, 2.24) is 5.32 Å². The summed E-state index contributed by atoms with van der Waals surface area (Å²) >= 11 is 0. The van der Waals surface area contributed by atoms with Crippen LogP contribution in [0.15, 0.2) is 0 Å². The molecule has 0 aromatic heterocycles. The average Bonchev–Trinajstić information content (AvgIpc) is 1.99. The monoisotopic (exact) mass is 159 g/mol. The summed E-state index contributed by atoms with van der Waals surface area (Å²) in [5, 5.41) is 2.80. The Morgan fingerprint density at radius 3 is 2.82 bits per heavy atom. The number of carbonyl (C=O) groups excluding carboxylic acids is 1. The highest BCUT2D eigenvalue weighted by Crippen LogP contribution is 1.85. The third-order valence-electron chi connectivity index (χ3n) is 1.32. The van der Waals surface area contributed by atoms with Crippen molar-refractivity contribution in [2.24, 2.45) is 0 Å². The number of hydrogen-bond donors (Lipinski definition) is 1. The number of methoxy groups -OCH3 is 1. The number of amides is 1. The molecule has 0 heterocycles. The summed E-state index contributed by atoms with van der Waals surface area (Å²) in [6.45, 7) is 3.44. The summed E-state index contributed by atoms with van der Waals surface area (Å²) in [4.78, 5) is 10.9. The topological polar surface area (TPSA) is 38.3 Å². The van der Waals surface area contributed by atoms with Crippen LogP contribution in [0.1, 0.15) is 26.2 Å². The number of hydrogen-bond acceptors (Lipinski definition) is 2. The quantitative estimate of drug-likeness (QED) is 0.586. The van der Waals surface area contributed by atoms with E-state index in [-0.39, 0.29) is 5.91 Å². The molecule has 0 atom stereocenters. The van der Waals surface area contributed by atoms with Crippen molar-refractivity contribution in [3.8, 4) is 0 Å². The summed E-state index contributed by atoms with van der Waals surface area (Å²) < 4.78 is 4.83. The van der Waals surface area contributed by atoms with E-state index in [0.29, 0.717) is 13.0 Å². The van der Waals surface area contributed by atoms with Gasteiger partial charge in [-0.15, -0.1) is 0 Å². The second-order valence-corrected chi connectivity index (χ2v) is 2.45. The molecule has 0 aromatic carbocycles. The van der Waals surface area contributed by atoms with Gasteiger partial charge in [0.25, 0.3) is 0 Å². The molecule has 0 saturated carbocycles. The van der Waals surface area contributed by atoms with Gasteiger partial charge in [-0.05, 0) is 12.8 Å². The molecule has 0 aliphatic rings. The van der Waals surface area contributed by atoms with E-state index in [2.05, 4.69) is 5.32 Å². The second-order valence-electron chi connectivity index (χ2n) is 2.45. The first-order chi connectivity index (χ1) is 5.31. The smallest absolute Gasteiger partial charge is 0.219 e. The van der Waals surface area contributed by atoms with Crippen molar-refractivity contribution in [3.63, 3.8) is 0 Å². The van der Waals surface area contributed by atoms with E-state index >= 15 is 0 Å². The van der Waals surface area contributed by atoms with Gasteiger partial charge in [-0.2, -0.15) is 0 Å². The minimum Gasteiger partial charge on any atom is -0.385 e. The summed E-state index contributed by atoms with van der Waals surface area (Å²) in [5.74, 6) is 0.142. The molecule has 0 aromatic rings. The highest BCUT2D eigenvalue weighted by atomic mass is 16.5. The van der Waals surface area contributed by atoms with Gasteiger partial charge in [-0.3, -0.25) is 4.79 Å². The number of carbonyl (C=O) groups is 1. The first-order valence-electron chi connectivity index (χ1n) is 4.07. The Balaban J connectivity index is 3.04. The number of nitrogens with one attached hydrogen (secondary N) is 1. The van der Waals surface area contributed by atoms with Gasteiger partial charge in [0.2, 0.25) is 5.91 Å². The third-order valence-corrected chi connectivity index (χ3v) is 1.32. The molecule has 0 aliphatic carbocycles. The lowest BCUT2D eigenvalue weighted by atomic mass is 10.3. The van der Waals surface area contributed by atoms with E-state index < -0.39 is 0 Å². The Bertz CT molecular complexity index is 104. The summed E-state index contributed by atoms with van der Waals surface area (Å²) in [6, 6.07) is 0. The average molecular weight is 159 g/mol. The first-order valence-corrected chi connectivity index (χ1v) is 4.07. The summed E-state index contributed by atoms with van der Waals surface area (Å²) in [5.41, 5.74) is 0. The molecule has 0 unspecified atom stereocenters. The summed E-state index contributed by atoms with van der Waals surface area (Å²) in [6.07, 6.45) is 2.44. The lowest BCUT2D eigenvalue weighted by molar-refractivity contribution is -0.121. The molecule has 0 rings (SSSR count). The lowest BCUT2D eigenvalue weighted by Crippen LogP contribution is -2.24. The minimum absolute atomic E-state index is 0.142. The van der Waals surface area contributed by atoms with Crippen molar-refractivity contribution in [1.29, 1.82) is 0 Å². The van der Waals surface area contributed by atoms with Crippen LogP contribution >= 0.6 is 0 Å². The number of ether oxygens (including phenoxy) is 1. The van der Waals surface area contributed by atoms with Crippen LogP contribution in [0.3, 0.4) is 0 Å². The largest absolute Gasteiger partial charge is 0.385 e. The molecule has 3 heteroatoms. The van der Waals surface area contributed by atoms with Gasteiger partial charge in [0.05, 0.1) is 0 Å². The normalized spacial score (nSPS) is 9.64. The highest BCUT2D eigenvalue weighted by molar-refractivity contribution is 5.75. The van der Waals surface area contributed by atoms with Crippen LogP contribution in [0.2, 0.25) is 0 Å². The Hall–Kier alpha value is -0.570. The van der Waals surface area contributed by atoms with Crippen molar-refractivity contribution in [3.05, 3.63) is 0 Å². The van der Waals surface area contributed by atoms with E-state index in [0.717, 1.165) is 19.4 Å². The summed E-state index contributed by atoms with van der Waals surface area (Å²) in [7, 11) is 1.66. The fourth-order valence-corrected chi connectivity index (χ4v) is 0.760. The van der Waals surface area contributed by atoms with Crippen LogP contribution in [0.25, 0.3) is 0 Å². The Morgan fingerprint density at radius 1 is 1.55 bits per heavy atom. The van der Waals surface area contributed by atoms with Crippen molar-refractivity contribution < 1.29 is 9.53 Å². The Kier molecular flexibility index (Phi) is 7.15. The van der Waals surface area contributed by atoms with Gasteiger partial charge in [0.15, 0.2) is 0 Å². The van der Waals surface area contributed by atoms with Crippen molar-refractivity contribution >= 4 is 5.91 Å². The van der Waals surface area contributed by atoms with Crippen LogP contribution in [0.5, 0.6) is 0 Å². The molecule has 66 valence electrons. The van der Waals surface area contributed by atoms with Crippen LogP contribution in [-0.4, -0.2) is 26.2 Å². The number of rotatable bonds is 6. The van der Waals surface area contributed by atoms with Crippen molar-refractivity contribution in [2.75, 3.05) is 20.3 Å². The van der Waals surface area contributed by atoms with E-state index in [1.54, 1.807) is 7.11 Å². The molecule has 0 fully saturated rings. The molecule has 0 radical (unpaired) electrons. The van der Waals surface area contributed by atoms with Gasteiger partial charge in [-0.25, -0.2) is 0 Å². The zero-order chi connectivity index (χ0) is 8.53. The molecule has 11 heavy (non-hydrogen) atoms. The molecular formula is C8H17NO2. The lowest BCUT2D eigenvalue weighted by Gasteiger charge is -2.02. The standard InChI is InChI=1S/C8H17NO2/c1-3-5-8(10)9-6-4-7-11-2/h3-7H2,1-2H3,(H,9,10). The maximum Gasteiger partial charge on any atom is 0.219 e. The Morgan fingerprint density at radius 2 is 2.27 bits per heavy atom. The van der Waals surface area contributed by atoms with Gasteiger partial charge in [0.1, 0.15) is 0 Å². The maximum absolute atomic E-state index is 10.9. The van der Waals surface area contributed by atoms with E-state index in [1.807, 2.05) is 6.92 Å². The molecular weight excluding hydrogens is 142 g/mol. The molecule has 1 N–H and O–H groups in total. The first kappa shape index (κ1) is 10.4. The van der Waals surface area contributed by atoms with Crippen LogP contribution in [-0.2, 0) is 9.53 Å². The molecule has 0 bridgehead atoms. The zero-order valence-corrected chi connectivity index (χ0v) is 7.35. The van der Waals surface area contributed by atoms with E-state index in [4.69, 9.17) is 4.74 Å². The highest BCUT2D eigenvalue weighted by Gasteiger charge is 1.96. The van der Waals surface area contributed by atoms with E-state index in [9.17, 15) is 4.79 Å². The third kappa shape index (κ3) is 7.33. The fraction of sp³-hybridized carbons (Fsp3) is 0.875. The minimum atomic E-state index is 0.142.